The Morgan fingerprint density at radius 1 is 1.30 bits per heavy atom. The minimum atomic E-state index is -0.101. The molecule has 0 spiro atoms. The molecule has 1 fully saturated rings. The molecule has 0 radical (unpaired) electrons. The van der Waals surface area contributed by atoms with Gasteiger partial charge in [0.05, 0.1) is 31.6 Å². The van der Waals surface area contributed by atoms with Crippen molar-refractivity contribution >= 4 is 17.4 Å². The van der Waals surface area contributed by atoms with Crippen molar-refractivity contribution in [2.75, 3.05) is 24.3 Å². The topological polar surface area (TPSA) is 68.2 Å². The van der Waals surface area contributed by atoms with E-state index < -0.39 is 0 Å². The van der Waals surface area contributed by atoms with Crippen LogP contribution in [0, 0.1) is 0 Å². The van der Waals surface area contributed by atoms with E-state index in [2.05, 4.69) is 15.7 Å². The molecule has 0 aliphatic heterocycles. The predicted molar refractivity (Wildman–Crippen MR) is 89.8 cm³/mol. The molecule has 1 aliphatic carbocycles. The van der Waals surface area contributed by atoms with Crippen LogP contribution in [-0.4, -0.2) is 29.3 Å². The van der Waals surface area contributed by atoms with Crippen LogP contribution in [0.3, 0.4) is 0 Å². The molecule has 1 aromatic carbocycles. The lowest BCUT2D eigenvalue weighted by molar-refractivity contribution is -0.114. The summed E-state index contributed by atoms with van der Waals surface area (Å²) in [6, 6.07) is 9.79. The first-order valence-electron chi connectivity index (χ1n) is 7.98. The molecule has 1 aliphatic rings. The molecule has 1 saturated carbocycles. The third kappa shape index (κ3) is 3.64. The van der Waals surface area contributed by atoms with Crippen LogP contribution in [-0.2, 0) is 4.79 Å². The first-order chi connectivity index (χ1) is 11.3. The lowest BCUT2D eigenvalue weighted by Crippen LogP contribution is -2.24. The van der Waals surface area contributed by atoms with Crippen molar-refractivity contribution in [3.8, 4) is 5.75 Å². The van der Waals surface area contributed by atoms with E-state index in [9.17, 15) is 4.79 Å². The Hall–Kier alpha value is -2.50. The van der Waals surface area contributed by atoms with Crippen LogP contribution in [0.4, 0.5) is 11.5 Å². The van der Waals surface area contributed by atoms with E-state index in [1.807, 2.05) is 35.0 Å². The first-order valence-corrected chi connectivity index (χ1v) is 7.98. The number of anilines is 2. The second-order valence-electron chi connectivity index (χ2n) is 5.70. The van der Waals surface area contributed by atoms with Crippen molar-refractivity contribution in [1.29, 1.82) is 0 Å². The number of carbonyl (C=O) groups excluding carboxylic acids is 1. The van der Waals surface area contributed by atoms with E-state index >= 15 is 0 Å². The molecule has 0 atom stereocenters. The maximum absolute atomic E-state index is 12.2. The Morgan fingerprint density at radius 3 is 2.87 bits per heavy atom. The summed E-state index contributed by atoms with van der Waals surface area (Å²) in [6.45, 7) is 0.177. The number of ether oxygens (including phenoxy) is 1. The highest BCUT2D eigenvalue weighted by molar-refractivity contribution is 5.93. The van der Waals surface area contributed by atoms with Gasteiger partial charge < -0.3 is 15.4 Å². The summed E-state index contributed by atoms with van der Waals surface area (Å²) in [6.07, 6.45) is 6.45. The van der Waals surface area contributed by atoms with Gasteiger partial charge in [-0.1, -0.05) is 25.0 Å². The fourth-order valence-corrected chi connectivity index (χ4v) is 3.01. The molecule has 3 rings (SSSR count). The van der Waals surface area contributed by atoms with E-state index in [-0.39, 0.29) is 12.5 Å². The molecule has 0 saturated heterocycles. The lowest BCUT2D eigenvalue weighted by atomic mass is 10.2. The van der Waals surface area contributed by atoms with Crippen LogP contribution in [0.25, 0.3) is 0 Å². The summed E-state index contributed by atoms with van der Waals surface area (Å²) in [5.41, 5.74) is 0.800. The van der Waals surface area contributed by atoms with E-state index in [0.29, 0.717) is 6.04 Å². The summed E-state index contributed by atoms with van der Waals surface area (Å²) in [5, 5.41) is 10.4. The number of carbonyl (C=O) groups is 1. The standard InChI is InChI=1S/C17H22N4O2/c1-23-15-9-5-4-8-14(15)18-12-17(22)20-16-10-11-19-21(16)13-6-2-3-7-13/h4-5,8-11,13,18H,2-3,6-7,12H2,1H3,(H,20,22). The maximum atomic E-state index is 12.2. The van der Waals surface area contributed by atoms with Crippen LogP contribution in [0.15, 0.2) is 36.5 Å². The summed E-state index contributed by atoms with van der Waals surface area (Å²) in [4.78, 5) is 12.2. The molecule has 6 nitrogen and oxygen atoms in total. The molecule has 2 aromatic rings. The second-order valence-corrected chi connectivity index (χ2v) is 5.70. The summed E-state index contributed by atoms with van der Waals surface area (Å²) in [7, 11) is 1.61. The number of amides is 1. The molecular formula is C17H22N4O2. The molecule has 0 bridgehead atoms. The van der Waals surface area contributed by atoms with Gasteiger partial charge in [-0.05, 0) is 25.0 Å². The number of methoxy groups -OCH3 is 1. The fourth-order valence-electron chi connectivity index (χ4n) is 3.01. The number of para-hydroxylation sites is 2. The Labute approximate surface area is 135 Å². The summed E-state index contributed by atoms with van der Waals surface area (Å²) in [5.74, 6) is 1.38. The average Bonchev–Trinajstić information content (AvgIpc) is 3.24. The van der Waals surface area contributed by atoms with Gasteiger partial charge in [-0.2, -0.15) is 5.10 Å². The van der Waals surface area contributed by atoms with Gasteiger partial charge in [-0.15, -0.1) is 0 Å². The first kappa shape index (κ1) is 15.4. The van der Waals surface area contributed by atoms with Gasteiger partial charge >= 0.3 is 0 Å². The maximum Gasteiger partial charge on any atom is 0.244 e. The number of hydrogen-bond acceptors (Lipinski definition) is 4. The molecule has 1 amide bonds. The smallest absolute Gasteiger partial charge is 0.244 e. The zero-order valence-corrected chi connectivity index (χ0v) is 13.3. The van der Waals surface area contributed by atoms with Crippen molar-refractivity contribution in [3.05, 3.63) is 36.5 Å². The molecule has 2 N–H and O–H groups in total. The molecule has 1 aromatic heterocycles. The van der Waals surface area contributed by atoms with E-state index in [1.54, 1.807) is 13.3 Å². The van der Waals surface area contributed by atoms with Crippen molar-refractivity contribution in [2.45, 2.75) is 31.7 Å². The van der Waals surface area contributed by atoms with Crippen LogP contribution in [0.1, 0.15) is 31.7 Å². The van der Waals surface area contributed by atoms with Gasteiger partial charge in [0.1, 0.15) is 11.6 Å². The van der Waals surface area contributed by atoms with Crippen molar-refractivity contribution < 1.29 is 9.53 Å². The van der Waals surface area contributed by atoms with Gasteiger partial charge in [0.15, 0.2) is 0 Å². The normalized spacial score (nSPS) is 14.7. The summed E-state index contributed by atoms with van der Waals surface area (Å²) < 4.78 is 7.20. The third-order valence-electron chi connectivity index (χ3n) is 4.15. The van der Waals surface area contributed by atoms with Gasteiger partial charge in [0.2, 0.25) is 5.91 Å². The minimum absolute atomic E-state index is 0.101. The van der Waals surface area contributed by atoms with Crippen LogP contribution >= 0.6 is 0 Å². The van der Waals surface area contributed by atoms with Gasteiger partial charge in [0.25, 0.3) is 0 Å². The number of aromatic nitrogens is 2. The van der Waals surface area contributed by atoms with Crippen molar-refractivity contribution in [2.24, 2.45) is 0 Å². The monoisotopic (exact) mass is 314 g/mol. The predicted octanol–water partition coefficient (Wildman–Crippen LogP) is 3.06. The number of benzene rings is 1. The molecule has 23 heavy (non-hydrogen) atoms. The second kappa shape index (κ2) is 7.17. The Morgan fingerprint density at radius 2 is 2.09 bits per heavy atom. The van der Waals surface area contributed by atoms with Crippen LogP contribution in [0.2, 0.25) is 0 Å². The molecule has 6 heteroatoms. The van der Waals surface area contributed by atoms with Gasteiger partial charge in [-0.25, -0.2) is 4.68 Å². The highest BCUT2D eigenvalue weighted by atomic mass is 16.5. The molecule has 1 heterocycles. The molecular weight excluding hydrogens is 292 g/mol. The number of hydrogen-bond donors (Lipinski definition) is 2. The Kier molecular flexibility index (Phi) is 4.80. The van der Waals surface area contributed by atoms with E-state index in [0.717, 1.165) is 30.1 Å². The van der Waals surface area contributed by atoms with E-state index in [1.165, 1.54) is 12.8 Å². The zero-order valence-electron chi connectivity index (χ0n) is 13.3. The van der Waals surface area contributed by atoms with Gasteiger partial charge in [-0.3, -0.25) is 4.79 Å². The van der Waals surface area contributed by atoms with Crippen LogP contribution in [0.5, 0.6) is 5.75 Å². The molecule has 0 unspecified atom stereocenters. The fraction of sp³-hybridized carbons (Fsp3) is 0.412. The Bertz CT molecular complexity index is 662. The average molecular weight is 314 g/mol. The van der Waals surface area contributed by atoms with Crippen LogP contribution < -0.4 is 15.4 Å². The number of nitrogens with zero attached hydrogens (tertiary/aromatic N) is 2. The SMILES string of the molecule is COc1ccccc1NCC(=O)Nc1ccnn1C1CCCC1. The highest BCUT2D eigenvalue weighted by Crippen LogP contribution is 2.31. The number of rotatable bonds is 6. The highest BCUT2D eigenvalue weighted by Gasteiger charge is 2.20. The Balaban J connectivity index is 1.58. The van der Waals surface area contributed by atoms with Gasteiger partial charge in [0, 0.05) is 6.07 Å². The van der Waals surface area contributed by atoms with Crippen molar-refractivity contribution in [3.63, 3.8) is 0 Å². The summed E-state index contributed by atoms with van der Waals surface area (Å²) >= 11 is 0. The minimum Gasteiger partial charge on any atom is -0.495 e. The van der Waals surface area contributed by atoms with Crippen molar-refractivity contribution in [1.82, 2.24) is 9.78 Å². The third-order valence-corrected chi connectivity index (χ3v) is 4.15. The quantitative estimate of drug-likeness (QED) is 0.860. The number of nitrogens with one attached hydrogen (secondary N) is 2. The van der Waals surface area contributed by atoms with E-state index in [4.69, 9.17) is 4.74 Å². The molecule has 122 valence electrons. The lowest BCUT2D eigenvalue weighted by Gasteiger charge is -2.15. The zero-order chi connectivity index (χ0) is 16.1. The largest absolute Gasteiger partial charge is 0.495 e.